The minimum atomic E-state index is -0.758. The second-order valence-corrected chi connectivity index (χ2v) is 8.31. The van der Waals surface area contributed by atoms with Gasteiger partial charge in [-0.15, -0.1) is 0 Å². The number of carbonyl (C=O) groups is 2. The van der Waals surface area contributed by atoms with Crippen molar-refractivity contribution in [3.63, 3.8) is 0 Å². The Bertz CT molecular complexity index is 745. The van der Waals surface area contributed by atoms with Gasteiger partial charge < -0.3 is 14.6 Å². The fraction of sp³-hybridized carbons (Fsp3) is 0.600. The second kappa shape index (κ2) is 6.05. The Morgan fingerprint density at radius 2 is 1.92 bits per heavy atom. The summed E-state index contributed by atoms with van der Waals surface area (Å²) in [6, 6.07) is 3.91. The third kappa shape index (κ3) is 2.90. The summed E-state index contributed by atoms with van der Waals surface area (Å²) in [5.74, 6) is -0.704. The molecule has 5 rings (SSSR count). The molecule has 0 radical (unpaired) electrons. The molecule has 0 heterocycles. The van der Waals surface area contributed by atoms with E-state index in [4.69, 9.17) is 9.47 Å². The van der Waals surface area contributed by atoms with E-state index in [9.17, 15) is 19.1 Å². The Kier molecular flexibility index (Phi) is 4.06. The van der Waals surface area contributed by atoms with Crippen molar-refractivity contribution < 1.29 is 28.6 Å². The van der Waals surface area contributed by atoms with Crippen molar-refractivity contribution in [2.75, 3.05) is 13.7 Å². The highest BCUT2D eigenvalue weighted by molar-refractivity contribution is 5.98. The van der Waals surface area contributed by atoms with Crippen LogP contribution in [0.3, 0.4) is 0 Å². The lowest BCUT2D eigenvalue weighted by Crippen LogP contribution is -2.58. The first kappa shape index (κ1) is 17.5. The van der Waals surface area contributed by atoms with Crippen molar-refractivity contribution in [2.45, 2.75) is 44.1 Å². The summed E-state index contributed by atoms with van der Waals surface area (Å²) in [7, 11) is 1.35. The van der Waals surface area contributed by atoms with Crippen LogP contribution in [0.15, 0.2) is 18.2 Å². The van der Waals surface area contributed by atoms with Crippen molar-refractivity contribution in [3.8, 4) is 5.75 Å². The summed E-state index contributed by atoms with van der Waals surface area (Å²) in [4.78, 5) is 25.0. The van der Waals surface area contributed by atoms with Gasteiger partial charge in [-0.2, -0.15) is 0 Å². The molecule has 1 aromatic rings. The quantitative estimate of drug-likeness (QED) is 0.644. The lowest BCUT2D eigenvalue weighted by atomic mass is 9.48. The molecule has 0 amide bonds. The van der Waals surface area contributed by atoms with E-state index in [1.54, 1.807) is 0 Å². The molecule has 1 aromatic carbocycles. The van der Waals surface area contributed by atoms with Crippen LogP contribution in [0, 0.1) is 23.1 Å². The molecule has 26 heavy (non-hydrogen) atoms. The zero-order chi connectivity index (χ0) is 18.5. The van der Waals surface area contributed by atoms with Crippen molar-refractivity contribution in [1.29, 1.82) is 0 Å². The lowest BCUT2D eigenvalue weighted by molar-refractivity contribution is -0.195. The number of methoxy groups -OCH3 is 1. The SMILES string of the molecule is COc1ccc(C(=O)COC(=O)C23C[C@@H]4C[C@@H](CC(O)(C4)C2)C3)cc1F. The number of Topliss-reactive ketones (excluding diaryl/α,β-unsaturated/α-hetero) is 1. The molecular formula is C20H23FO5. The summed E-state index contributed by atoms with van der Waals surface area (Å²) in [5.41, 5.74) is -1.28. The highest BCUT2D eigenvalue weighted by Gasteiger charge is 2.60. The van der Waals surface area contributed by atoms with Gasteiger partial charge in [0.1, 0.15) is 0 Å². The average Bonchev–Trinajstić information content (AvgIpc) is 2.57. The zero-order valence-electron chi connectivity index (χ0n) is 14.8. The molecule has 4 saturated carbocycles. The first-order valence-corrected chi connectivity index (χ1v) is 9.09. The van der Waals surface area contributed by atoms with Gasteiger partial charge in [0.2, 0.25) is 0 Å². The molecule has 4 aliphatic carbocycles. The predicted molar refractivity (Wildman–Crippen MR) is 90.3 cm³/mol. The van der Waals surface area contributed by atoms with Crippen molar-refractivity contribution in [3.05, 3.63) is 29.6 Å². The van der Waals surface area contributed by atoms with Crippen LogP contribution in [0.5, 0.6) is 5.75 Å². The van der Waals surface area contributed by atoms with E-state index >= 15 is 0 Å². The smallest absolute Gasteiger partial charge is 0.312 e. The van der Waals surface area contributed by atoms with Crippen LogP contribution >= 0.6 is 0 Å². The molecule has 4 bridgehead atoms. The number of benzene rings is 1. The highest BCUT2D eigenvalue weighted by Crippen LogP contribution is 2.61. The molecule has 4 aliphatic rings. The van der Waals surface area contributed by atoms with Crippen LogP contribution in [-0.2, 0) is 9.53 Å². The number of carbonyl (C=O) groups excluding carboxylic acids is 2. The van der Waals surface area contributed by atoms with E-state index in [0.29, 0.717) is 18.3 Å². The molecule has 1 N–H and O–H groups in total. The van der Waals surface area contributed by atoms with E-state index in [0.717, 1.165) is 38.2 Å². The first-order chi connectivity index (χ1) is 12.3. The van der Waals surface area contributed by atoms with E-state index in [-0.39, 0.29) is 11.3 Å². The molecule has 0 aliphatic heterocycles. The predicted octanol–water partition coefficient (Wildman–Crippen LogP) is 2.89. The molecule has 2 unspecified atom stereocenters. The Morgan fingerprint density at radius 3 is 2.50 bits per heavy atom. The molecule has 140 valence electrons. The maximum Gasteiger partial charge on any atom is 0.312 e. The summed E-state index contributed by atoms with van der Waals surface area (Å²) in [6.07, 6.45) is 4.50. The topological polar surface area (TPSA) is 72.8 Å². The Balaban J connectivity index is 1.43. The third-order valence-corrected chi connectivity index (χ3v) is 6.27. The monoisotopic (exact) mass is 362 g/mol. The molecule has 6 heteroatoms. The minimum absolute atomic E-state index is 0.0559. The maximum absolute atomic E-state index is 13.7. The number of ketones is 1. The normalized spacial score (nSPS) is 34.6. The van der Waals surface area contributed by atoms with E-state index < -0.39 is 35.2 Å². The molecule has 4 fully saturated rings. The molecule has 0 spiro atoms. The van der Waals surface area contributed by atoms with Gasteiger partial charge in [-0.3, -0.25) is 9.59 Å². The van der Waals surface area contributed by atoms with E-state index in [1.165, 1.54) is 19.2 Å². The van der Waals surface area contributed by atoms with Gasteiger partial charge in [0, 0.05) is 5.56 Å². The van der Waals surface area contributed by atoms with Gasteiger partial charge in [0.15, 0.2) is 24.0 Å². The second-order valence-electron chi connectivity index (χ2n) is 8.31. The number of halogens is 1. The average molecular weight is 362 g/mol. The summed E-state index contributed by atoms with van der Waals surface area (Å²) in [6.45, 7) is -0.417. The van der Waals surface area contributed by atoms with Crippen LogP contribution in [-0.4, -0.2) is 36.2 Å². The molecule has 0 saturated heterocycles. The summed E-state index contributed by atoms with van der Waals surface area (Å²) >= 11 is 0. The largest absolute Gasteiger partial charge is 0.494 e. The lowest BCUT2D eigenvalue weighted by Gasteiger charge is -2.58. The van der Waals surface area contributed by atoms with Crippen LogP contribution in [0.4, 0.5) is 4.39 Å². The number of ether oxygens (including phenoxy) is 2. The van der Waals surface area contributed by atoms with Crippen molar-refractivity contribution in [2.24, 2.45) is 17.3 Å². The van der Waals surface area contributed by atoms with Gasteiger partial charge in [-0.1, -0.05) is 0 Å². The molecular weight excluding hydrogens is 339 g/mol. The van der Waals surface area contributed by atoms with Crippen molar-refractivity contribution >= 4 is 11.8 Å². The fourth-order valence-corrected chi connectivity index (χ4v) is 5.66. The Morgan fingerprint density at radius 1 is 1.23 bits per heavy atom. The standard InChI is InChI=1S/C20H23FO5/c1-25-17-3-2-14(5-15(17)21)16(22)10-26-18(23)19-6-12-4-13(7-19)9-20(24,8-12)11-19/h2-3,5,12-13,24H,4,6-11H2,1H3/t12-,13+,19?,20?. The molecule has 5 nitrogen and oxygen atoms in total. The van der Waals surface area contributed by atoms with E-state index in [1.807, 2.05) is 0 Å². The van der Waals surface area contributed by atoms with Crippen molar-refractivity contribution in [1.82, 2.24) is 0 Å². The Labute approximate surface area is 151 Å². The first-order valence-electron chi connectivity index (χ1n) is 9.09. The summed E-state index contributed by atoms with van der Waals surface area (Å²) < 4.78 is 23.9. The van der Waals surface area contributed by atoms with Crippen LogP contribution < -0.4 is 4.74 Å². The molecule has 0 aromatic heterocycles. The van der Waals surface area contributed by atoms with Crippen LogP contribution in [0.2, 0.25) is 0 Å². The molecule has 4 atom stereocenters. The zero-order valence-corrected chi connectivity index (χ0v) is 14.8. The number of esters is 1. The van der Waals surface area contributed by atoms with Gasteiger partial charge in [0.25, 0.3) is 0 Å². The maximum atomic E-state index is 13.7. The fourth-order valence-electron chi connectivity index (χ4n) is 5.66. The van der Waals surface area contributed by atoms with Gasteiger partial charge in [-0.25, -0.2) is 4.39 Å². The highest BCUT2D eigenvalue weighted by atomic mass is 19.1. The third-order valence-electron chi connectivity index (χ3n) is 6.27. The van der Waals surface area contributed by atoms with Gasteiger partial charge in [0.05, 0.1) is 18.1 Å². The van der Waals surface area contributed by atoms with Crippen LogP contribution in [0.25, 0.3) is 0 Å². The van der Waals surface area contributed by atoms with Gasteiger partial charge in [-0.05, 0) is 68.6 Å². The van der Waals surface area contributed by atoms with E-state index in [2.05, 4.69) is 0 Å². The van der Waals surface area contributed by atoms with Gasteiger partial charge >= 0.3 is 5.97 Å². The number of hydrogen-bond donors (Lipinski definition) is 1. The number of aliphatic hydroxyl groups is 1. The minimum Gasteiger partial charge on any atom is -0.494 e. The summed E-state index contributed by atoms with van der Waals surface area (Å²) in [5, 5.41) is 10.7. The van der Waals surface area contributed by atoms with Crippen LogP contribution in [0.1, 0.15) is 48.9 Å². The number of hydrogen-bond acceptors (Lipinski definition) is 5. The number of rotatable bonds is 5. The Hall–Kier alpha value is -1.95.